The average Bonchev–Trinajstić information content (AvgIpc) is 2.55. The Bertz CT molecular complexity index is 454. The molecule has 1 aliphatic rings. The molecule has 0 bridgehead atoms. The number of aromatic hydroxyl groups is 1. The number of rotatable bonds is 3. The lowest BCUT2D eigenvalue weighted by Crippen LogP contribution is -2.36. The zero-order valence-corrected chi connectivity index (χ0v) is 11.8. The highest BCUT2D eigenvalue weighted by atomic mass is 16.3. The third-order valence-electron chi connectivity index (χ3n) is 3.60. The maximum Gasteiger partial charge on any atom is 0.238 e. The van der Waals surface area contributed by atoms with E-state index in [9.17, 15) is 9.90 Å². The lowest BCUT2D eigenvalue weighted by molar-refractivity contribution is -0.117. The van der Waals surface area contributed by atoms with Gasteiger partial charge in [-0.15, -0.1) is 0 Å². The minimum absolute atomic E-state index is 0.00441. The fourth-order valence-corrected chi connectivity index (χ4v) is 2.84. The molecular formula is C15H22N2O2. The molecule has 104 valence electrons. The molecule has 1 aromatic carbocycles. The molecule has 0 radical (unpaired) electrons. The topological polar surface area (TPSA) is 52.6 Å². The maximum absolute atomic E-state index is 12.0. The highest BCUT2D eigenvalue weighted by molar-refractivity contribution is 5.92. The Hall–Kier alpha value is -1.55. The molecule has 0 aromatic heterocycles. The predicted octanol–water partition coefficient (Wildman–Crippen LogP) is 2.45. The predicted molar refractivity (Wildman–Crippen MR) is 76.2 cm³/mol. The van der Waals surface area contributed by atoms with Crippen molar-refractivity contribution in [3.05, 3.63) is 24.3 Å². The van der Waals surface area contributed by atoms with E-state index in [2.05, 4.69) is 31.0 Å². The van der Waals surface area contributed by atoms with Crippen LogP contribution in [0.25, 0.3) is 0 Å². The zero-order valence-electron chi connectivity index (χ0n) is 11.8. The Morgan fingerprint density at radius 1 is 1.42 bits per heavy atom. The smallest absolute Gasteiger partial charge is 0.238 e. The number of benzene rings is 1. The van der Waals surface area contributed by atoms with E-state index in [-0.39, 0.29) is 17.1 Å². The monoisotopic (exact) mass is 262 g/mol. The minimum atomic E-state index is -0.00441. The van der Waals surface area contributed by atoms with Crippen LogP contribution in [0, 0.1) is 5.41 Å². The van der Waals surface area contributed by atoms with E-state index in [0.717, 1.165) is 13.0 Å². The van der Waals surface area contributed by atoms with Crippen LogP contribution in [-0.4, -0.2) is 35.0 Å². The van der Waals surface area contributed by atoms with Gasteiger partial charge in [0.2, 0.25) is 5.91 Å². The Balaban J connectivity index is 1.90. The van der Waals surface area contributed by atoms with Gasteiger partial charge in [0.05, 0.1) is 6.54 Å². The summed E-state index contributed by atoms with van der Waals surface area (Å²) in [6.45, 7) is 8.02. The van der Waals surface area contributed by atoms with E-state index in [1.165, 1.54) is 0 Å². The minimum Gasteiger partial charge on any atom is -0.508 e. The molecule has 0 spiro atoms. The molecule has 1 aromatic rings. The molecule has 2 rings (SSSR count). The number of carbonyl (C=O) groups is 1. The molecule has 1 heterocycles. The van der Waals surface area contributed by atoms with Crippen molar-refractivity contribution < 1.29 is 9.90 Å². The number of anilines is 1. The number of hydrogen-bond acceptors (Lipinski definition) is 3. The summed E-state index contributed by atoms with van der Waals surface area (Å²) >= 11 is 0. The molecule has 1 fully saturated rings. The fourth-order valence-electron chi connectivity index (χ4n) is 2.84. The molecule has 0 saturated carbocycles. The number of nitrogens with one attached hydrogen (secondary N) is 1. The molecule has 4 nitrogen and oxygen atoms in total. The molecule has 1 atom stereocenters. The van der Waals surface area contributed by atoms with Crippen molar-refractivity contribution in [3.63, 3.8) is 0 Å². The van der Waals surface area contributed by atoms with Crippen LogP contribution in [0.5, 0.6) is 5.75 Å². The molecular weight excluding hydrogens is 240 g/mol. The molecule has 0 aliphatic carbocycles. The normalized spacial score (nSPS) is 22.4. The van der Waals surface area contributed by atoms with Crippen molar-refractivity contribution in [3.8, 4) is 5.75 Å². The van der Waals surface area contributed by atoms with Gasteiger partial charge >= 0.3 is 0 Å². The van der Waals surface area contributed by atoms with Crippen molar-refractivity contribution >= 4 is 11.6 Å². The quantitative estimate of drug-likeness (QED) is 0.823. The number of nitrogens with zero attached hydrogens (tertiary/aromatic N) is 1. The molecule has 19 heavy (non-hydrogen) atoms. The number of likely N-dealkylation sites (tertiary alicyclic amines) is 1. The van der Waals surface area contributed by atoms with Gasteiger partial charge in [-0.25, -0.2) is 0 Å². The standard InChI is InChI=1S/C15H22N2O2/c1-11-8-15(2,3)10-17(11)9-14(19)16-12-4-6-13(18)7-5-12/h4-7,11,18H,8-10H2,1-3H3,(H,16,19). The van der Waals surface area contributed by atoms with E-state index in [1.54, 1.807) is 24.3 Å². The van der Waals surface area contributed by atoms with E-state index in [1.807, 2.05) is 0 Å². The number of phenolic OH excluding ortho intramolecular Hbond substituents is 1. The summed E-state index contributed by atoms with van der Waals surface area (Å²) in [4.78, 5) is 14.2. The molecule has 4 heteroatoms. The van der Waals surface area contributed by atoms with Crippen LogP contribution in [-0.2, 0) is 4.79 Å². The first-order chi connectivity index (χ1) is 8.85. The third-order valence-corrected chi connectivity index (χ3v) is 3.60. The van der Waals surface area contributed by atoms with E-state index >= 15 is 0 Å². The van der Waals surface area contributed by atoms with Crippen LogP contribution >= 0.6 is 0 Å². The van der Waals surface area contributed by atoms with Crippen LogP contribution in [0.3, 0.4) is 0 Å². The summed E-state index contributed by atoms with van der Waals surface area (Å²) in [6.07, 6.45) is 1.12. The van der Waals surface area contributed by atoms with E-state index in [0.29, 0.717) is 18.3 Å². The van der Waals surface area contributed by atoms with Gasteiger partial charge in [0.1, 0.15) is 5.75 Å². The molecule has 2 N–H and O–H groups in total. The van der Waals surface area contributed by atoms with Crippen molar-refractivity contribution in [1.29, 1.82) is 0 Å². The van der Waals surface area contributed by atoms with Gasteiger partial charge in [0.25, 0.3) is 0 Å². The number of phenols is 1. The second kappa shape index (κ2) is 5.21. The van der Waals surface area contributed by atoms with Gasteiger partial charge in [0.15, 0.2) is 0 Å². The Morgan fingerprint density at radius 2 is 2.05 bits per heavy atom. The fraction of sp³-hybridized carbons (Fsp3) is 0.533. The van der Waals surface area contributed by atoms with Crippen molar-refractivity contribution in [2.45, 2.75) is 33.2 Å². The van der Waals surface area contributed by atoms with Crippen LogP contribution in [0.1, 0.15) is 27.2 Å². The Morgan fingerprint density at radius 3 is 2.58 bits per heavy atom. The van der Waals surface area contributed by atoms with Gasteiger partial charge in [-0.1, -0.05) is 13.8 Å². The Labute approximate surface area is 114 Å². The second-order valence-corrected chi connectivity index (χ2v) is 6.22. The van der Waals surface area contributed by atoms with Gasteiger partial charge in [0, 0.05) is 18.3 Å². The highest BCUT2D eigenvalue weighted by Gasteiger charge is 2.35. The first-order valence-corrected chi connectivity index (χ1v) is 6.69. The van der Waals surface area contributed by atoms with E-state index in [4.69, 9.17) is 0 Å². The maximum atomic E-state index is 12.0. The zero-order chi connectivity index (χ0) is 14.0. The number of hydrogen-bond donors (Lipinski definition) is 2. The third kappa shape index (κ3) is 3.70. The van der Waals surface area contributed by atoms with Crippen LogP contribution in [0.2, 0.25) is 0 Å². The van der Waals surface area contributed by atoms with Crippen LogP contribution in [0.4, 0.5) is 5.69 Å². The lowest BCUT2D eigenvalue weighted by atomic mass is 9.91. The SMILES string of the molecule is CC1CC(C)(C)CN1CC(=O)Nc1ccc(O)cc1. The molecule has 1 unspecified atom stereocenters. The van der Waals surface area contributed by atoms with Crippen LogP contribution < -0.4 is 5.32 Å². The molecule has 1 aliphatic heterocycles. The van der Waals surface area contributed by atoms with Gasteiger partial charge in [-0.05, 0) is 43.0 Å². The second-order valence-electron chi connectivity index (χ2n) is 6.22. The van der Waals surface area contributed by atoms with E-state index < -0.39 is 0 Å². The van der Waals surface area contributed by atoms with Crippen molar-refractivity contribution in [1.82, 2.24) is 4.90 Å². The summed E-state index contributed by atoms with van der Waals surface area (Å²) < 4.78 is 0. The van der Waals surface area contributed by atoms with Crippen molar-refractivity contribution in [2.75, 3.05) is 18.4 Å². The van der Waals surface area contributed by atoms with Gasteiger partial charge in [-0.3, -0.25) is 9.69 Å². The first kappa shape index (κ1) is 13.9. The number of carbonyl (C=O) groups excluding carboxylic acids is 1. The molecule has 1 saturated heterocycles. The summed E-state index contributed by atoms with van der Waals surface area (Å²) in [5.74, 6) is 0.197. The summed E-state index contributed by atoms with van der Waals surface area (Å²) in [7, 11) is 0. The van der Waals surface area contributed by atoms with Crippen molar-refractivity contribution in [2.24, 2.45) is 5.41 Å². The van der Waals surface area contributed by atoms with Crippen LogP contribution in [0.15, 0.2) is 24.3 Å². The number of amides is 1. The summed E-state index contributed by atoms with van der Waals surface area (Å²) in [5.41, 5.74) is 1.01. The Kier molecular flexibility index (Phi) is 3.80. The molecule has 1 amide bonds. The average molecular weight is 262 g/mol. The van der Waals surface area contributed by atoms with Gasteiger partial charge < -0.3 is 10.4 Å². The van der Waals surface area contributed by atoms with Gasteiger partial charge in [-0.2, -0.15) is 0 Å². The summed E-state index contributed by atoms with van der Waals surface area (Å²) in [6, 6.07) is 6.98. The summed E-state index contributed by atoms with van der Waals surface area (Å²) in [5, 5.41) is 12.0. The first-order valence-electron chi connectivity index (χ1n) is 6.69. The highest BCUT2D eigenvalue weighted by Crippen LogP contribution is 2.33. The lowest BCUT2D eigenvalue weighted by Gasteiger charge is -2.21. The largest absolute Gasteiger partial charge is 0.508 e.